The van der Waals surface area contributed by atoms with Gasteiger partial charge >= 0.3 is 12.1 Å². The second-order valence-electron chi connectivity index (χ2n) is 7.50. The number of amides is 2. The minimum absolute atomic E-state index is 0.0652. The standard InChI is InChI=1S/C23H24F2N2O6/c1-32-12-19(22(29)30)26-21(28)18(10-20(24)25)27-23(31)33-11-17-15-8-4-2-6-13(15)14-7-3-5-9-16(14)17/h2-9,17-20H,10-12H2,1H3,(H,26,28)(H,27,31)(H,29,30). The van der Waals surface area contributed by atoms with Crippen molar-refractivity contribution < 1.29 is 37.7 Å². The molecule has 3 N–H and O–H groups in total. The normalized spacial score (nSPS) is 14.2. The number of ether oxygens (including phenoxy) is 2. The quantitative estimate of drug-likeness (QED) is 0.500. The molecule has 2 atom stereocenters. The summed E-state index contributed by atoms with van der Waals surface area (Å²) < 4.78 is 36.0. The maximum Gasteiger partial charge on any atom is 0.407 e. The Morgan fingerprint density at radius 2 is 1.55 bits per heavy atom. The predicted molar refractivity (Wildman–Crippen MR) is 114 cm³/mol. The smallest absolute Gasteiger partial charge is 0.407 e. The molecular weight excluding hydrogens is 438 g/mol. The number of methoxy groups -OCH3 is 1. The van der Waals surface area contributed by atoms with Crippen LogP contribution in [0.15, 0.2) is 48.5 Å². The number of benzene rings is 2. The number of nitrogens with one attached hydrogen (secondary N) is 2. The lowest BCUT2D eigenvalue weighted by atomic mass is 9.98. The van der Waals surface area contributed by atoms with Crippen molar-refractivity contribution in [1.29, 1.82) is 0 Å². The van der Waals surface area contributed by atoms with Gasteiger partial charge in [-0.3, -0.25) is 4.79 Å². The summed E-state index contributed by atoms with van der Waals surface area (Å²) in [5.74, 6) is -2.72. The van der Waals surface area contributed by atoms with E-state index in [9.17, 15) is 23.2 Å². The van der Waals surface area contributed by atoms with Crippen LogP contribution in [0.3, 0.4) is 0 Å². The second-order valence-corrected chi connectivity index (χ2v) is 7.50. The van der Waals surface area contributed by atoms with Crippen molar-refractivity contribution in [1.82, 2.24) is 10.6 Å². The van der Waals surface area contributed by atoms with Crippen molar-refractivity contribution >= 4 is 18.0 Å². The van der Waals surface area contributed by atoms with Crippen molar-refractivity contribution in [2.75, 3.05) is 20.3 Å². The van der Waals surface area contributed by atoms with Gasteiger partial charge in [0, 0.05) is 19.4 Å². The molecule has 10 heteroatoms. The van der Waals surface area contributed by atoms with Crippen molar-refractivity contribution in [3.8, 4) is 11.1 Å². The van der Waals surface area contributed by atoms with Crippen LogP contribution in [0.25, 0.3) is 11.1 Å². The van der Waals surface area contributed by atoms with E-state index in [1.807, 2.05) is 48.5 Å². The number of hydrogen-bond donors (Lipinski definition) is 3. The Morgan fingerprint density at radius 3 is 2.06 bits per heavy atom. The van der Waals surface area contributed by atoms with Gasteiger partial charge in [0.1, 0.15) is 12.6 Å². The molecule has 2 amide bonds. The van der Waals surface area contributed by atoms with Gasteiger partial charge in [-0.1, -0.05) is 48.5 Å². The molecule has 2 unspecified atom stereocenters. The predicted octanol–water partition coefficient (Wildman–Crippen LogP) is 2.76. The highest BCUT2D eigenvalue weighted by Gasteiger charge is 2.31. The van der Waals surface area contributed by atoms with E-state index in [-0.39, 0.29) is 19.1 Å². The molecule has 2 aromatic carbocycles. The number of carbonyl (C=O) groups excluding carboxylic acids is 2. The molecule has 0 spiro atoms. The fourth-order valence-corrected chi connectivity index (χ4v) is 3.81. The minimum Gasteiger partial charge on any atom is -0.480 e. The number of fused-ring (bicyclic) bond motifs is 3. The van der Waals surface area contributed by atoms with E-state index in [1.165, 1.54) is 7.11 Å². The van der Waals surface area contributed by atoms with E-state index < -0.39 is 42.9 Å². The van der Waals surface area contributed by atoms with Gasteiger partial charge in [0.05, 0.1) is 6.61 Å². The van der Waals surface area contributed by atoms with E-state index in [1.54, 1.807) is 0 Å². The lowest BCUT2D eigenvalue weighted by Crippen LogP contribution is -2.53. The molecule has 33 heavy (non-hydrogen) atoms. The van der Waals surface area contributed by atoms with E-state index in [0.29, 0.717) is 0 Å². The summed E-state index contributed by atoms with van der Waals surface area (Å²) in [5, 5.41) is 13.3. The number of rotatable bonds is 10. The number of carboxylic acids is 1. The van der Waals surface area contributed by atoms with Gasteiger partial charge in [-0.2, -0.15) is 0 Å². The first-order valence-electron chi connectivity index (χ1n) is 10.2. The third kappa shape index (κ3) is 5.83. The largest absolute Gasteiger partial charge is 0.480 e. The number of carboxylic acid groups (broad SMARTS) is 1. The topological polar surface area (TPSA) is 114 Å². The summed E-state index contributed by atoms with van der Waals surface area (Å²) >= 11 is 0. The highest BCUT2D eigenvalue weighted by molar-refractivity contribution is 5.89. The van der Waals surface area contributed by atoms with Crippen LogP contribution in [0.4, 0.5) is 13.6 Å². The van der Waals surface area contributed by atoms with Gasteiger partial charge in [0.2, 0.25) is 12.3 Å². The third-order valence-corrected chi connectivity index (χ3v) is 5.31. The van der Waals surface area contributed by atoms with Gasteiger partial charge < -0.3 is 25.2 Å². The molecule has 1 aliphatic carbocycles. The van der Waals surface area contributed by atoms with Crippen LogP contribution < -0.4 is 10.6 Å². The van der Waals surface area contributed by atoms with Crippen LogP contribution in [-0.2, 0) is 19.1 Å². The van der Waals surface area contributed by atoms with Gasteiger partial charge in [-0.05, 0) is 22.3 Å². The van der Waals surface area contributed by atoms with Gasteiger partial charge in [-0.25, -0.2) is 18.4 Å². The maximum absolute atomic E-state index is 13.0. The first-order chi connectivity index (χ1) is 15.8. The zero-order valence-corrected chi connectivity index (χ0v) is 17.8. The Hall–Kier alpha value is -3.53. The van der Waals surface area contributed by atoms with E-state index in [4.69, 9.17) is 14.6 Å². The molecule has 0 bridgehead atoms. The summed E-state index contributed by atoms with van der Waals surface area (Å²) in [6.45, 7) is -0.433. The van der Waals surface area contributed by atoms with Gasteiger partial charge in [-0.15, -0.1) is 0 Å². The number of alkyl halides is 2. The number of hydrogen-bond acceptors (Lipinski definition) is 5. The molecule has 1 aliphatic rings. The summed E-state index contributed by atoms with van der Waals surface area (Å²) in [5.41, 5.74) is 3.99. The average molecular weight is 462 g/mol. The van der Waals surface area contributed by atoms with E-state index in [2.05, 4.69) is 10.6 Å². The Balaban J connectivity index is 1.66. The van der Waals surface area contributed by atoms with Crippen molar-refractivity contribution in [2.24, 2.45) is 0 Å². The van der Waals surface area contributed by atoms with Crippen LogP contribution >= 0.6 is 0 Å². The molecule has 8 nitrogen and oxygen atoms in total. The molecule has 0 aromatic heterocycles. The Kier molecular flexibility index (Phi) is 7.94. The molecule has 0 heterocycles. The van der Waals surface area contributed by atoms with Crippen molar-refractivity contribution in [3.05, 3.63) is 59.7 Å². The zero-order valence-electron chi connectivity index (χ0n) is 17.8. The van der Waals surface area contributed by atoms with E-state index in [0.717, 1.165) is 22.3 Å². The molecular formula is C23H24F2N2O6. The van der Waals surface area contributed by atoms with Crippen molar-refractivity contribution in [2.45, 2.75) is 30.8 Å². The number of carbonyl (C=O) groups is 3. The summed E-state index contributed by atoms with van der Waals surface area (Å²) in [7, 11) is 1.23. The van der Waals surface area contributed by atoms with Crippen LogP contribution in [0.5, 0.6) is 0 Å². The molecule has 0 fully saturated rings. The fraction of sp³-hybridized carbons (Fsp3) is 0.348. The zero-order chi connectivity index (χ0) is 24.0. The molecule has 0 saturated carbocycles. The van der Waals surface area contributed by atoms with Crippen LogP contribution in [0, 0.1) is 0 Å². The Morgan fingerprint density at radius 1 is 0.970 bits per heavy atom. The molecule has 176 valence electrons. The molecule has 0 saturated heterocycles. The Labute approximate surface area is 188 Å². The molecule has 0 radical (unpaired) electrons. The van der Waals surface area contributed by atoms with Gasteiger partial charge in [0.25, 0.3) is 0 Å². The van der Waals surface area contributed by atoms with Crippen LogP contribution in [0.1, 0.15) is 23.5 Å². The molecule has 0 aliphatic heterocycles. The van der Waals surface area contributed by atoms with Crippen molar-refractivity contribution in [3.63, 3.8) is 0 Å². The summed E-state index contributed by atoms with van der Waals surface area (Å²) in [4.78, 5) is 35.9. The highest BCUT2D eigenvalue weighted by atomic mass is 19.3. The number of alkyl carbamates (subject to hydrolysis) is 1. The summed E-state index contributed by atoms with van der Waals surface area (Å²) in [6.07, 6.45) is -4.98. The molecule has 3 rings (SSSR count). The highest BCUT2D eigenvalue weighted by Crippen LogP contribution is 2.44. The maximum atomic E-state index is 13.0. The van der Waals surface area contributed by atoms with Crippen LogP contribution in [-0.4, -0.2) is 61.9 Å². The summed E-state index contributed by atoms with van der Waals surface area (Å²) in [6, 6.07) is 12.2. The lowest BCUT2D eigenvalue weighted by Gasteiger charge is -2.21. The minimum atomic E-state index is -2.92. The SMILES string of the molecule is COCC(NC(=O)C(CC(F)F)NC(=O)OCC1c2ccccc2-c2ccccc21)C(=O)O. The average Bonchev–Trinajstić information content (AvgIpc) is 3.10. The fourth-order valence-electron chi connectivity index (χ4n) is 3.81. The van der Waals surface area contributed by atoms with E-state index >= 15 is 0 Å². The molecule has 2 aromatic rings. The third-order valence-electron chi connectivity index (χ3n) is 5.31. The first kappa shape index (κ1) is 24.1. The number of halogens is 2. The van der Waals surface area contributed by atoms with Gasteiger partial charge in [0.15, 0.2) is 6.04 Å². The first-order valence-corrected chi connectivity index (χ1v) is 10.2. The number of aliphatic carboxylic acids is 1. The Bertz CT molecular complexity index is 970. The second kappa shape index (κ2) is 10.9. The van der Waals surface area contributed by atoms with Crippen LogP contribution in [0.2, 0.25) is 0 Å². The lowest BCUT2D eigenvalue weighted by molar-refractivity contribution is -0.143. The monoisotopic (exact) mass is 462 g/mol.